The molecule has 1 aliphatic carbocycles. The molecule has 2 fully saturated rings. The van der Waals surface area contributed by atoms with E-state index in [1.54, 1.807) is 7.11 Å². The number of halogens is 1. The van der Waals surface area contributed by atoms with Crippen molar-refractivity contribution >= 4 is 11.8 Å². The zero-order valence-corrected chi connectivity index (χ0v) is 11.8. The highest BCUT2D eigenvalue weighted by atomic mass is 19.1. The van der Waals surface area contributed by atoms with E-state index in [1.807, 2.05) is 0 Å². The number of hydrogen-bond acceptors (Lipinski definition) is 5. The topological polar surface area (TPSA) is 64.3 Å². The molecule has 0 unspecified atom stereocenters. The number of nitrogens with zero attached hydrogens (tertiary/aromatic N) is 3. The minimum absolute atomic E-state index is 0.0793. The van der Waals surface area contributed by atoms with Gasteiger partial charge in [-0.1, -0.05) is 6.42 Å². The lowest BCUT2D eigenvalue weighted by Gasteiger charge is -2.43. The van der Waals surface area contributed by atoms with Crippen LogP contribution in [0.3, 0.4) is 0 Å². The van der Waals surface area contributed by atoms with Gasteiger partial charge in [-0.2, -0.15) is 4.98 Å². The number of piperidine rings is 1. The molecule has 110 valence electrons. The molecular formula is C14H21FN4O. The van der Waals surface area contributed by atoms with Gasteiger partial charge in [0.2, 0.25) is 5.95 Å². The molecule has 2 atom stereocenters. The van der Waals surface area contributed by atoms with Gasteiger partial charge < -0.3 is 15.4 Å². The van der Waals surface area contributed by atoms with E-state index in [1.165, 1.54) is 19.3 Å². The Bertz CT molecular complexity index is 498. The molecule has 1 aromatic heterocycles. The smallest absolute Gasteiger partial charge is 0.227 e. The average Bonchev–Trinajstić information content (AvgIpc) is 2.84. The van der Waals surface area contributed by atoms with Gasteiger partial charge in [-0.25, -0.2) is 9.37 Å². The van der Waals surface area contributed by atoms with Crippen molar-refractivity contribution in [2.45, 2.75) is 38.2 Å². The first-order valence-corrected chi connectivity index (χ1v) is 7.20. The number of rotatable bonds is 2. The van der Waals surface area contributed by atoms with Crippen LogP contribution in [0.4, 0.5) is 16.2 Å². The van der Waals surface area contributed by atoms with E-state index >= 15 is 0 Å². The molecule has 1 spiro atoms. The third-order valence-corrected chi connectivity index (χ3v) is 4.76. The number of hydrogen-bond donors (Lipinski definition) is 1. The number of aromatic nitrogens is 2. The van der Waals surface area contributed by atoms with E-state index in [9.17, 15) is 4.39 Å². The summed E-state index contributed by atoms with van der Waals surface area (Å²) in [6, 6.07) is 0. The van der Waals surface area contributed by atoms with Crippen molar-refractivity contribution in [3.05, 3.63) is 12.0 Å². The molecule has 0 bridgehead atoms. The Hall–Kier alpha value is -1.43. The van der Waals surface area contributed by atoms with Gasteiger partial charge in [0.25, 0.3) is 0 Å². The van der Waals surface area contributed by atoms with Crippen LogP contribution in [0.1, 0.15) is 32.1 Å². The fourth-order valence-electron chi connectivity index (χ4n) is 3.80. The Morgan fingerprint density at radius 2 is 2.25 bits per heavy atom. The molecule has 1 saturated carbocycles. The Kier molecular flexibility index (Phi) is 3.50. The maximum atomic E-state index is 13.2. The Morgan fingerprint density at radius 3 is 3.00 bits per heavy atom. The molecule has 0 aromatic carbocycles. The van der Waals surface area contributed by atoms with Gasteiger partial charge in [-0.05, 0) is 25.7 Å². The summed E-state index contributed by atoms with van der Waals surface area (Å²) in [7, 11) is 1.79. The predicted octanol–water partition coefficient (Wildman–Crippen LogP) is 1.98. The second-order valence-corrected chi connectivity index (χ2v) is 5.91. The molecule has 1 aromatic rings. The highest BCUT2D eigenvalue weighted by molar-refractivity contribution is 5.39. The third kappa shape index (κ3) is 2.22. The van der Waals surface area contributed by atoms with Crippen LogP contribution in [-0.2, 0) is 4.74 Å². The zero-order valence-electron chi connectivity index (χ0n) is 11.8. The number of nitrogens with two attached hydrogens (primary N) is 1. The summed E-state index contributed by atoms with van der Waals surface area (Å²) < 4.78 is 18.9. The van der Waals surface area contributed by atoms with E-state index in [0.29, 0.717) is 12.1 Å². The summed E-state index contributed by atoms with van der Waals surface area (Å²) in [6.45, 7) is 1.76. The van der Waals surface area contributed by atoms with Gasteiger partial charge in [0.05, 0.1) is 12.3 Å². The summed E-state index contributed by atoms with van der Waals surface area (Å²) in [4.78, 5) is 10.3. The lowest BCUT2D eigenvalue weighted by molar-refractivity contribution is 0.00204. The standard InChI is InChI=1S/C14H21FN4O/c1-20-11-4-2-5-14(11)6-3-7-19(9-14)13-17-8-10(15)12(16)18-13/h8,11H,2-7,9H2,1H3,(H2,16,17,18)/t11-,14-/m1/s1. The summed E-state index contributed by atoms with van der Waals surface area (Å²) >= 11 is 0. The van der Waals surface area contributed by atoms with Crippen molar-refractivity contribution in [1.82, 2.24) is 9.97 Å². The summed E-state index contributed by atoms with van der Waals surface area (Å²) in [5, 5.41) is 0. The molecule has 0 radical (unpaired) electrons. The fraction of sp³-hybridized carbons (Fsp3) is 0.714. The van der Waals surface area contributed by atoms with Crippen molar-refractivity contribution in [2.75, 3.05) is 30.8 Å². The SMILES string of the molecule is CO[C@@H]1CCC[C@]12CCCN(c1ncc(F)c(N)n1)C2. The van der Waals surface area contributed by atoms with Crippen molar-refractivity contribution in [1.29, 1.82) is 0 Å². The third-order valence-electron chi connectivity index (χ3n) is 4.76. The quantitative estimate of drug-likeness (QED) is 0.897. The first-order valence-electron chi connectivity index (χ1n) is 7.20. The average molecular weight is 280 g/mol. The first-order chi connectivity index (χ1) is 9.64. The number of ether oxygens (including phenoxy) is 1. The van der Waals surface area contributed by atoms with Gasteiger partial charge >= 0.3 is 0 Å². The van der Waals surface area contributed by atoms with Crippen LogP contribution in [-0.4, -0.2) is 36.3 Å². The number of nitrogen functional groups attached to an aromatic ring is 1. The molecule has 5 nitrogen and oxygen atoms in total. The monoisotopic (exact) mass is 280 g/mol. The highest BCUT2D eigenvalue weighted by Gasteiger charge is 2.46. The van der Waals surface area contributed by atoms with Crippen LogP contribution in [0.15, 0.2) is 6.20 Å². The molecule has 20 heavy (non-hydrogen) atoms. The molecule has 2 N–H and O–H groups in total. The Labute approximate surface area is 118 Å². The van der Waals surface area contributed by atoms with Crippen LogP contribution < -0.4 is 10.6 Å². The van der Waals surface area contributed by atoms with Crippen LogP contribution in [0, 0.1) is 11.2 Å². The van der Waals surface area contributed by atoms with E-state index in [0.717, 1.165) is 32.1 Å². The van der Waals surface area contributed by atoms with Crippen molar-refractivity contribution in [3.63, 3.8) is 0 Å². The lowest BCUT2D eigenvalue weighted by atomic mass is 9.76. The lowest BCUT2D eigenvalue weighted by Crippen LogP contribution is -2.48. The maximum absolute atomic E-state index is 13.2. The van der Waals surface area contributed by atoms with Crippen LogP contribution in [0.5, 0.6) is 0 Å². The normalized spacial score (nSPS) is 30.1. The molecule has 1 saturated heterocycles. The van der Waals surface area contributed by atoms with Crippen molar-refractivity contribution < 1.29 is 9.13 Å². The van der Waals surface area contributed by atoms with Crippen molar-refractivity contribution in [3.8, 4) is 0 Å². The van der Waals surface area contributed by atoms with Gasteiger partial charge in [0.1, 0.15) is 0 Å². The molecule has 0 amide bonds. The second-order valence-electron chi connectivity index (χ2n) is 5.91. The summed E-state index contributed by atoms with van der Waals surface area (Å²) in [5.74, 6) is -0.106. The van der Waals surface area contributed by atoms with E-state index in [4.69, 9.17) is 10.5 Å². The highest BCUT2D eigenvalue weighted by Crippen LogP contribution is 2.46. The second kappa shape index (κ2) is 5.16. The molecule has 2 heterocycles. The van der Waals surface area contributed by atoms with Gasteiger partial charge in [-0.3, -0.25) is 0 Å². The van der Waals surface area contributed by atoms with Crippen LogP contribution >= 0.6 is 0 Å². The summed E-state index contributed by atoms with van der Waals surface area (Å²) in [5.41, 5.74) is 5.74. The number of anilines is 2. The Morgan fingerprint density at radius 1 is 1.45 bits per heavy atom. The van der Waals surface area contributed by atoms with Gasteiger partial charge in [-0.15, -0.1) is 0 Å². The minimum Gasteiger partial charge on any atom is -0.381 e. The molecule has 3 rings (SSSR count). The van der Waals surface area contributed by atoms with E-state index in [-0.39, 0.29) is 11.2 Å². The summed E-state index contributed by atoms with van der Waals surface area (Å²) in [6.07, 6.45) is 7.23. The first kappa shape index (κ1) is 13.5. The molecule has 1 aliphatic heterocycles. The number of methoxy groups -OCH3 is 1. The van der Waals surface area contributed by atoms with Crippen molar-refractivity contribution in [2.24, 2.45) is 5.41 Å². The largest absolute Gasteiger partial charge is 0.381 e. The van der Waals surface area contributed by atoms with Gasteiger partial charge in [0.15, 0.2) is 11.6 Å². The fourth-order valence-corrected chi connectivity index (χ4v) is 3.80. The van der Waals surface area contributed by atoms with Crippen LogP contribution in [0.2, 0.25) is 0 Å². The maximum Gasteiger partial charge on any atom is 0.227 e. The Balaban J connectivity index is 1.82. The van der Waals surface area contributed by atoms with E-state index in [2.05, 4.69) is 14.9 Å². The predicted molar refractivity (Wildman–Crippen MR) is 74.9 cm³/mol. The van der Waals surface area contributed by atoms with Crippen LogP contribution in [0.25, 0.3) is 0 Å². The zero-order chi connectivity index (χ0) is 14.2. The molecular weight excluding hydrogens is 259 g/mol. The minimum atomic E-state index is -0.559. The molecule has 2 aliphatic rings. The van der Waals surface area contributed by atoms with E-state index < -0.39 is 5.82 Å². The van der Waals surface area contributed by atoms with Gasteiger partial charge in [0, 0.05) is 25.6 Å². The molecule has 6 heteroatoms.